The van der Waals surface area contributed by atoms with Crippen LogP contribution in [0.2, 0.25) is 5.02 Å². The van der Waals surface area contributed by atoms with Gasteiger partial charge in [0.15, 0.2) is 0 Å². The van der Waals surface area contributed by atoms with E-state index in [0.29, 0.717) is 22.5 Å². The molecule has 0 saturated carbocycles. The van der Waals surface area contributed by atoms with E-state index in [0.717, 1.165) is 16.2 Å². The number of nitrogens with two attached hydrogens (primary N) is 1. The summed E-state index contributed by atoms with van der Waals surface area (Å²) in [6.45, 7) is 2.43. The van der Waals surface area contributed by atoms with Crippen LogP contribution in [0.25, 0.3) is 0 Å². The topological polar surface area (TPSA) is 35.2 Å². The summed E-state index contributed by atoms with van der Waals surface area (Å²) in [7, 11) is 0. The molecule has 0 unspecified atom stereocenters. The molecule has 0 saturated heterocycles. The molecule has 0 aromatic heterocycles. The second kappa shape index (κ2) is 7.49. The highest BCUT2D eigenvalue weighted by Crippen LogP contribution is 2.37. The minimum Gasteiger partial charge on any atom is -0.456 e. The molecule has 112 valence electrons. The first-order valence-corrected chi connectivity index (χ1v) is 8.49. The van der Waals surface area contributed by atoms with E-state index in [2.05, 4.69) is 22.9 Å². The first-order valence-electron chi connectivity index (χ1n) is 6.34. The summed E-state index contributed by atoms with van der Waals surface area (Å²) in [6, 6.07) is 8.44. The molecule has 2 aromatic rings. The molecular weight excluding hydrogens is 377 g/mol. The average molecular weight is 391 g/mol. The predicted octanol–water partition coefficient (Wildman–Crippen LogP) is 5.60. The molecule has 0 aliphatic heterocycles. The van der Waals surface area contributed by atoms with Gasteiger partial charge in [-0.15, -0.1) is 11.8 Å². The molecule has 2 rings (SSSR count). The quantitative estimate of drug-likeness (QED) is 0.533. The van der Waals surface area contributed by atoms with E-state index in [1.807, 2.05) is 18.2 Å². The van der Waals surface area contributed by atoms with Crippen LogP contribution >= 0.6 is 39.3 Å². The van der Waals surface area contributed by atoms with Gasteiger partial charge in [0.05, 0.1) is 9.50 Å². The summed E-state index contributed by atoms with van der Waals surface area (Å²) in [6.07, 6.45) is 0. The first-order chi connectivity index (χ1) is 10.1. The Kier molecular flexibility index (Phi) is 5.93. The van der Waals surface area contributed by atoms with E-state index in [4.69, 9.17) is 22.1 Å². The van der Waals surface area contributed by atoms with Crippen molar-refractivity contribution in [1.82, 2.24) is 0 Å². The summed E-state index contributed by atoms with van der Waals surface area (Å²) >= 11 is 10.7. The Morgan fingerprint density at radius 1 is 1.33 bits per heavy atom. The lowest BCUT2D eigenvalue weighted by molar-refractivity contribution is 0.466. The van der Waals surface area contributed by atoms with Crippen molar-refractivity contribution in [2.45, 2.75) is 18.4 Å². The second-order valence-electron chi connectivity index (χ2n) is 4.17. The molecule has 2 nitrogen and oxygen atoms in total. The minimum absolute atomic E-state index is 0.0450. The molecule has 0 aliphatic rings. The van der Waals surface area contributed by atoms with Crippen molar-refractivity contribution < 1.29 is 9.13 Å². The largest absolute Gasteiger partial charge is 0.456 e. The molecular formula is C15H14BrClFNOS. The molecule has 0 radical (unpaired) electrons. The van der Waals surface area contributed by atoms with Crippen LogP contribution < -0.4 is 10.5 Å². The highest BCUT2D eigenvalue weighted by Gasteiger charge is 2.13. The molecule has 6 heteroatoms. The van der Waals surface area contributed by atoms with Gasteiger partial charge < -0.3 is 10.5 Å². The first kappa shape index (κ1) is 16.6. The second-order valence-corrected chi connectivity index (χ2v) is 6.74. The van der Waals surface area contributed by atoms with E-state index in [-0.39, 0.29) is 5.02 Å². The molecule has 2 aromatic carbocycles. The molecule has 2 N–H and O–H groups in total. The van der Waals surface area contributed by atoms with Gasteiger partial charge in [0.1, 0.15) is 17.3 Å². The summed E-state index contributed by atoms with van der Waals surface area (Å²) < 4.78 is 20.0. The zero-order chi connectivity index (χ0) is 15.4. The van der Waals surface area contributed by atoms with Gasteiger partial charge in [-0.1, -0.05) is 24.6 Å². The smallest absolute Gasteiger partial charge is 0.145 e. The van der Waals surface area contributed by atoms with E-state index in [1.54, 1.807) is 11.8 Å². The third-order valence-corrected chi connectivity index (χ3v) is 4.68. The van der Waals surface area contributed by atoms with Gasteiger partial charge in [0.25, 0.3) is 0 Å². The van der Waals surface area contributed by atoms with E-state index >= 15 is 0 Å². The Hall–Kier alpha value is -0.750. The zero-order valence-corrected chi connectivity index (χ0v) is 14.5. The van der Waals surface area contributed by atoms with Crippen LogP contribution in [0.15, 0.2) is 39.7 Å². The van der Waals surface area contributed by atoms with Crippen LogP contribution in [0.1, 0.15) is 12.5 Å². The lowest BCUT2D eigenvalue weighted by Crippen LogP contribution is -2.02. The van der Waals surface area contributed by atoms with Crippen LogP contribution in [0.5, 0.6) is 11.5 Å². The van der Waals surface area contributed by atoms with Crippen LogP contribution in [-0.2, 0) is 6.54 Å². The molecule has 0 spiro atoms. The van der Waals surface area contributed by atoms with Gasteiger partial charge in [-0.2, -0.15) is 0 Å². The Bertz CT molecular complexity index is 654. The normalized spacial score (nSPS) is 10.7. The zero-order valence-electron chi connectivity index (χ0n) is 11.3. The number of hydrogen-bond donors (Lipinski definition) is 1. The number of thioether (sulfide) groups is 1. The summed E-state index contributed by atoms with van der Waals surface area (Å²) in [5, 5.41) is 0.0450. The fourth-order valence-corrected chi connectivity index (χ4v) is 3.40. The van der Waals surface area contributed by atoms with Crippen molar-refractivity contribution in [1.29, 1.82) is 0 Å². The fourth-order valence-electron chi connectivity index (χ4n) is 1.83. The molecule has 0 atom stereocenters. The van der Waals surface area contributed by atoms with Gasteiger partial charge in [0, 0.05) is 23.1 Å². The third kappa shape index (κ3) is 3.92. The Morgan fingerprint density at radius 3 is 2.76 bits per heavy atom. The summed E-state index contributed by atoms with van der Waals surface area (Å²) in [5.41, 5.74) is 6.74. The highest BCUT2D eigenvalue weighted by atomic mass is 79.9. The standard InChI is InChI=1S/C15H14BrClFNOS/c1-2-21-15-5-3-4-13(9(15)8-19)20-14-7-12(18)11(17)6-10(14)16/h3-7H,2,8,19H2,1H3. The SMILES string of the molecule is CCSc1cccc(Oc2cc(F)c(Cl)cc2Br)c1CN. The van der Waals surface area contributed by atoms with E-state index in [1.165, 1.54) is 12.1 Å². The van der Waals surface area contributed by atoms with Gasteiger partial charge in [-0.05, 0) is 39.9 Å². The number of benzene rings is 2. The minimum atomic E-state index is -0.525. The molecule has 0 amide bonds. The molecule has 0 heterocycles. The van der Waals surface area contributed by atoms with Crippen LogP contribution in [0, 0.1) is 5.82 Å². The number of ether oxygens (including phenoxy) is 1. The van der Waals surface area contributed by atoms with Gasteiger partial charge in [-0.25, -0.2) is 4.39 Å². The third-order valence-electron chi connectivity index (χ3n) is 2.79. The highest BCUT2D eigenvalue weighted by molar-refractivity contribution is 9.10. The van der Waals surface area contributed by atoms with Crippen LogP contribution in [0.4, 0.5) is 4.39 Å². The van der Waals surface area contributed by atoms with Gasteiger partial charge in [0.2, 0.25) is 0 Å². The lowest BCUT2D eigenvalue weighted by Gasteiger charge is -2.14. The molecule has 0 bridgehead atoms. The Morgan fingerprint density at radius 2 is 2.10 bits per heavy atom. The van der Waals surface area contributed by atoms with E-state index < -0.39 is 5.82 Å². The van der Waals surface area contributed by atoms with Crippen molar-refractivity contribution in [3.8, 4) is 11.5 Å². The van der Waals surface area contributed by atoms with Crippen molar-refractivity contribution in [3.63, 3.8) is 0 Å². The summed E-state index contributed by atoms with van der Waals surface area (Å²) in [4.78, 5) is 1.07. The maximum Gasteiger partial charge on any atom is 0.145 e. The van der Waals surface area contributed by atoms with Gasteiger partial charge in [-0.3, -0.25) is 0 Å². The lowest BCUT2D eigenvalue weighted by atomic mass is 10.2. The summed E-state index contributed by atoms with van der Waals surface area (Å²) in [5.74, 6) is 1.40. The molecule has 21 heavy (non-hydrogen) atoms. The number of rotatable bonds is 5. The van der Waals surface area contributed by atoms with E-state index in [9.17, 15) is 4.39 Å². The molecule has 0 fully saturated rings. The van der Waals surface area contributed by atoms with Crippen LogP contribution in [0.3, 0.4) is 0 Å². The predicted molar refractivity (Wildman–Crippen MR) is 89.9 cm³/mol. The van der Waals surface area contributed by atoms with Crippen molar-refractivity contribution in [2.24, 2.45) is 5.73 Å². The van der Waals surface area contributed by atoms with Gasteiger partial charge >= 0.3 is 0 Å². The average Bonchev–Trinajstić information content (AvgIpc) is 2.45. The Labute approximate surface area is 140 Å². The maximum atomic E-state index is 13.6. The van der Waals surface area contributed by atoms with Crippen molar-refractivity contribution >= 4 is 39.3 Å². The Balaban J connectivity index is 2.40. The number of halogens is 3. The maximum absolute atomic E-state index is 13.6. The monoisotopic (exact) mass is 389 g/mol. The molecule has 0 aliphatic carbocycles. The van der Waals surface area contributed by atoms with Crippen LogP contribution in [-0.4, -0.2) is 5.75 Å². The van der Waals surface area contributed by atoms with Crippen molar-refractivity contribution in [3.05, 3.63) is 51.2 Å². The van der Waals surface area contributed by atoms with Crippen molar-refractivity contribution in [2.75, 3.05) is 5.75 Å². The number of hydrogen-bond acceptors (Lipinski definition) is 3. The fraction of sp³-hybridized carbons (Fsp3) is 0.200.